The normalized spacial score (nSPS) is 17.3. The number of esters is 1. The zero-order chi connectivity index (χ0) is 14.8. The van der Waals surface area contributed by atoms with Crippen molar-refractivity contribution in [2.75, 3.05) is 46.5 Å². The van der Waals surface area contributed by atoms with E-state index in [2.05, 4.69) is 17.1 Å². The van der Waals surface area contributed by atoms with E-state index < -0.39 is 0 Å². The molecular weight excluding hydrogens is 292 g/mol. The van der Waals surface area contributed by atoms with E-state index in [1.807, 2.05) is 6.92 Å². The van der Waals surface area contributed by atoms with Crippen LogP contribution in [0.4, 0.5) is 0 Å². The number of halogens is 1. The van der Waals surface area contributed by atoms with Crippen molar-refractivity contribution in [1.82, 2.24) is 10.2 Å². The summed E-state index contributed by atoms with van der Waals surface area (Å²) in [6, 6.07) is -0.269. The van der Waals surface area contributed by atoms with E-state index in [9.17, 15) is 4.79 Å². The molecule has 1 N–H and O–H groups in total. The summed E-state index contributed by atoms with van der Waals surface area (Å²) >= 11 is 0. The second-order valence-corrected chi connectivity index (χ2v) is 5.41. The van der Waals surface area contributed by atoms with E-state index in [1.54, 1.807) is 7.11 Å². The van der Waals surface area contributed by atoms with Crippen molar-refractivity contribution in [2.45, 2.75) is 39.2 Å². The first-order valence-corrected chi connectivity index (χ1v) is 7.83. The summed E-state index contributed by atoms with van der Waals surface area (Å²) in [5.74, 6) is 0.508. The monoisotopic (exact) mass is 322 g/mol. The van der Waals surface area contributed by atoms with Crippen LogP contribution in [0.15, 0.2) is 0 Å². The highest BCUT2D eigenvalue weighted by Gasteiger charge is 2.29. The van der Waals surface area contributed by atoms with Crippen molar-refractivity contribution in [3.8, 4) is 0 Å². The summed E-state index contributed by atoms with van der Waals surface area (Å²) in [4.78, 5) is 14.4. The van der Waals surface area contributed by atoms with Gasteiger partial charge in [-0.15, -0.1) is 12.4 Å². The van der Waals surface area contributed by atoms with Crippen LogP contribution in [0.1, 0.15) is 33.1 Å². The van der Waals surface area contributed by atoms with Gasteiger partial charge in [-0.1, -0.05) is 6.92 Å². The number of carbonyl (C=O) groups is 1. The fourth-order valence-corrected chi connectivity index (χ4v) is 2.78. The van der Waals surface area contributed by atoms with Gasteiger partial charge in [0.05, 0.1) is 13.2 Å². The predicted molar refractivity (Wildman–Crippen MR) is 87.0 cm³/mol. The van der Waals surface area contributed by atoms with Gasteiger partial charge in [0.2, 0.25) is 0 Å². The van der Waals surface area contributed by atoms with Gasteiger partial charge in [-0.3, -0.25) is 9.69 Å². The Morgan fingerprint density at radius 1 is 1.33 bits per heavy atom. The van der Waals surface area contributed by atoms with Crippen LogP contribution in [0.25, 0.3) is 0 Å². The Morgan fingerprint density at radius 3 is 2.52 bits per heavy atom. The van der Waals surface area contributed by atoms with Gasteiger partial charge in [0.1, 0.15) is 6.04 Å². The number of piperidine rings is 1. The molecule has 0 aromatic heterocycles. The third-order valence-corrected chi connectivity index (χ3v) is 3.79. The lowest BCUT2D eigenvalue weighted by Crippen LogP contribution is -2.48. The molecule has 1 fully saturated rings. The molecule has 1 aliphatic rings. The maximum absolute atomic E-state index is 12.1. The molecule has 1 saturated heterocycles. The van der Waals surface area contributed by atoms with Crippen LogP contribution in [0.2, 0.25) is 0 Å². The standard InChI is InChI=1S/C15H30N2O3.ClH/c1-4-10-17(11-13-6-8-16-9-7-13)14(12-19-3)15(18)20-5-2;/h13-14,16H,4-12H2,1-3H3;1H. The fourth-order valence-electron chi connectivity index (χ4n) is 2.78. The van der Waals surface area contributed by atoms with Gasteiger partial charge in [-0.25, -0.2) is 0 Å². The van der Waals surface area contributed by atoms with Gasteiger partial charge < -0.3 is 14.8 Å². The lowest BCUT2D eigenvalue weighted by atomic mass is 9.96. The van der Waals surface area contributed by atoms with Gasteiger partial charge in [-0.2, -0.15) is 0 Å². The molecule has 5 nitrogen and oxygen atoms in total. The molecule has 0 radical (unpaired) electrons. The number of rotatable bonds is 9. The Kier molecular flexibility index (Phi) is 12.0. The minimum atomic E-state index is -0.269. The van der Waals surface area contributed by atoms with E-state index in [1.165, 1.54) is 12.8 Å². The van der Waals surface area contributed by atoms with Crippen molar-refractivity contribution >= 4 is 18.4 Å². The third-order valence-electron chi connectivity index (χ3n) is 3.79. The molecule has 1 aliphatic heterocycles. The molecule has 0 bridgehead atoms. The molecular formula is C15H31ClN2O3. The summed E-state index contributed by atoms with van der Waals surface area (Å²) in [5, 5.41) is 3.38. The molecule has 0 aromatic carbocycles. The molecule has 0 amide bonds. The second kappa shape index (κ2) is 12.2. The highest BCUT2D eigenvalue weighted by atomic mass is 35.5. The molecule has 0 aliphatic carbocycles. The largest absolute Gasteiger partial charge is 0.465 e. The van der Waals surface area contributed by atoms with Crippen LogP contribution in [0.5, 0.6) is 0 Å². The Hall–Kier alpha value is -0.360. The highest BCUT2D eigenvalue weighted by molar-refractivity contribution is 5.85. The van der Waals surface area contributed by atoms with Gasteiger partial charge >= 0.3 is 5.97 Å². The molecule has 21 heavy (non-hydrogen) atoms. The topological polar surface area (TPSA) is 50.8 Å². The van der Waals surface area contributed by atoms with Crippen LogP contribution < -0.4 is 5.32 Å². The van der Waals surface area contributed by atoms with Crippen LogP contribution in [-0.2, 0) is 14.3 Å². The van der Waals surface area contributed by atoms with Crippen LogP contribution in [0.3, 0.4) is 0 Å². The molecule has 1 heterocycles. The number of ether oxygens (including phenoxy) is 2. The summed E-state index contributed by atoms with van der Waals surface area (Å²) in [7, 11) is 1.64. The van der Waals surface area contributed by atoms with E-state index in [-0.39, 0.29) is 24.4 Å². The van der Waals surface area contributed by atoms with Gasteiger partial charge in [0.25, 0.3) is 0 Å². The first kappa shape index (κ1) is 20.6. The van der Waals surface area contributed by atoms with Gasteiger partial charge in [-0.05, 0) is 51.7 Å². The summed E-state index contributed by atoms with van der Waals surface area (Å²) in [6.07, 6.45) is 3.40. The van der Waals surface area contributed by atoms with Crippen molar-refractivity contribution in [3.05, 3.63) is 0 Å². The Balaban J connectivity index is 0.00000400. The van der Waals surface area contributed by atoms with E-state index >= 15 is 0 Å². The lowest BCUT2D eigenvalue weighted by Gasteiger charge is -2.34. The van der Waals surface area contributed by atoms with E-state index in [4.69, 9.17) is 9.47 Å². The summed E-state index contributed by atoms with van der Waals surface area (Å²) < 4.78 is 10.4. The molecule has 1 atom stereocenters. The molecule has 126 valence electrons. The first-order valence-electron chi connectivity index (χ1n) is 7.83. The maximum atomic E-state index is 12.1. The highest BCUT2D eigenvalue weighted by Crippen LogP contribution is 2.16. The van der Waals surface area contributed by atoms with Gasteiger partial charge in [0.15, 0.2) is 0 Å². The minimum absolute atomic E-state index is 0. The van der Waals surface area contributed by atoms with E-state index in [0.717, 1.165) is 32.6 Å². The maximum Gasteiger partial charge on any atom is 0.325 e. The Morgan fingerprint density at radius 2 is 2.00 bits per heavy atom. The third kappa shape index (κ3) is 7.45. The van der Waals surface area contributed by atoms with Crippen molar-refractivity contribution in [1.29, 1.82) is 0 Å². The number of carbonyl (C=O) groups excluding carboxylic acids is 1. The zero-order valence-electron chi connectivity index (χ0n) is 13.6. The number of hydrogen-bond donors (Lipinski definition) is 1. The molecule has 0 aromatic rings. The fraction of sp³-hybridized carbons (Fsp3) is 0.933. The zero-order valence-corrected chi connectivity index (χ0v) is 14.4. The van der Waals surface area contributed by atoms with Crippen LogP contribution in [0, 0.1) is 5.92 Å². The number of nitrogens with zero attached hydrogens (tertiary/aromatic N) is 1. The van der Waals surface area contributed by atoms with Gasteiger partial charge in [0, 0.05) is 13.7 Å². The number of methoxy groups -OCH3 is 1. The van der Waals surface area contributed by atoms with Crippen molar-refractivity contribution in [2.24, 2.45) is 5.92 Å². The van der Waals surface area contributed by atoms with Crippen LogP contribution in [-0.4, -0.2) is 63.4 Å². The molecule has 0 spiro atoms. The number of nitrogens with one attached hydrogen (secondary N) is 1. The van der Waals surface area contributed by atoms with Crippen LogP contribution >= 0.6 is 12.4 Å². The Bertz CT molecular complexity index is 274. The van der Waals surface area contributed by atoms with Crippen molar-refractivity contribution in [3.63, 3.8) is 0 Å². The number of hydrogen-bond acceptors (Lipinski definition) is 5. The van der Waals surface area contributed by atoms with E-state index in [0.29, 0.717) is 19.1 Å². The second-order valence-electron chi connectivity index (χ2n) is 5.41. The van der Waals surface area contributed by atoms with Crippen molar-refractivity contribution < 1.29 is 14.3 Å². The summed E-state index contributed by atoms with van der Waals surface area (Å²) in [6.45, 7) is 8.86. The quantitative estimate of drug-likeness (QED) is 0.655. The molecule has 1 unspecified atom stereocenters. The predicted octanol–water partition coefficient (Wildman–Crippen LogP) is 1.70. The average Bonchev–Trinajstić information content (AvgIpc) is 2.46. The summed E-state index contributed by atoms with van der Waals surface area (Å²) in [5.41, 5.74) is 0. The molecule has 0 saturated carbocycles. The molecule has 1 rings (SSSR count). The Labute approximate surface area is 135 Å². The lowest BCUT2D eigenvalue weighted by molar-refractivity contribution is -0.152. The first-order chi connectivity index (χ1) is 9.72. The minimum Gasteiger partial charge on any atom is -0.465 e. The SMILES string of the molecule is CCCN(CC1CCNCC1)C(COC)C(=O)OCC.Cl. The molecule has 6 heteroatoms. The smallest absolute Gasteiger partial charge is 0.325 e. The average molecular weight is 323 g/mol.